The van der Waals surface area contributed by atoms with Gasteiger partial charge in [-0.1, -0.05) is 48.5 Å². The average molecular weight is 498 g/mol. The van der Waals surface area contributed by atoms with Gasteiger partial charge in [0, 0.05) is 34.8 Å². The summed E-state index contributed by atoms with van der Waals surface area (Å²) in [5.74, 6) is -0.473. The lowest BCUT2D eigenvalue weighted by atomic mass is 9.79. The van der Waals surface area contributed by atoms with Crippen molar-refractivity contribution in [3.63, 3.8) is 0 Å². The van der Waals surface area contributed by atoms with E-state index in [1.807, 2.05) is 79.9 Å². The number of aliphatic hydroxyl groups is 1. The Morgan fingerprint density at radius 2 is 1.78 bits per heavy atom. The van der Waals surface area contributed by atoms with Crippen LogP contribution < -0.4 is 10.1 Å². The Kier molecular flexibility index (Phi) is 6.97. The molecule has 3 atom stereocenters. The molecule has 5 rings (SSSR count). The lowest BCUT2D eigenvalue weighted by Gasteiger charge is -2.42. The number of ether oxygens (including phenoxy) is 1. The van der Waals surface area contributed by atoms with E-state index in [0.29, 0.717) is 42.1 Å². The third-order valence-corrected chi connectivity index (χ3v) is 6.89. The highest BCUT2D eigenvalue weighted by atomic mass is 16.5. The van der Waals surface area contributed by atoms with E-state index < -0.39 is 18.1 Å². The molecule has 2 heterocycles. The van der Waals surface area contributed by atoms with Gasteiger partial charge in [-0.05, 0) is 50.1 Å². The van der Waals surface area contributed by atoms with Gasteiger partial charge in [0.1, 0.15) is 5.75 Å². The summed E-state index contributed by atoms with van der Waals surface area (Å²) in [7, 11) is 0. The van der Waals surface area contributed by atoms with Gasteiger partial charge in [0.2, 0.25) is 5.91 Å². The molecule has 1 aliphatic rings. The summed E-state index contributed by atoms with van der Waals surface area (Å²) in [5, 5.41) is 14.1. The summed E-state index contributed by atoms with van der Waals surface area (Å²) >= 11 is 0. The molecule has 3 aromatic carbocycles. The first kappa shape index (κ1) is 24.6. The van der Waals surface area contributed by atoms with Crippen LogP contribution in [-0.2, 0) is 4.79 Å². The highest BCUT2D eigenvalue weighted by molar-refractivity contribution is 6.05. The van der Waals surface area contributed by atoms with Gasteiger partial charge < -0.3 is 25.0 Å². The molecule has 0 radical (unpaired) electrons. The summed E-state index contributed by atoms with van der Waals surface area (Å²) in [6, 6.07) is 22.0. The predicted octanol–water partition coefficient (Wildman–Crippen LogP) is 5.26. The number of fused-ring (bicyclic) bond motifs is 2. The van der Waals surface area contributed by atoms with E-state index in [1.165, 1.54) is 0 Å². The van der Waals surface area contributed by atoms with Crippen LogP contribution in [0.4, 0.5) is 5.69 Å². The van der Waals surface area contributed by atoms with Crippen LogP contribution in [0.3, 0.4) is 0 Å². The number of anilines is 1. The Morgan fingerprint density at radius 1 is 1.05 bits per heavy atom. The normalized spacial score (nSPS) is 17.9. The van der Waals surface area contributed by atoms with Crippen molar-refractivity contribution in [2.45, 2.75) is 38.3 Å². The Bertz CT molecular complexity index is 1430. The van der Waals surface area contributed by atoms with Crippen molar-refractivity contribution in [1.29, 1.82) is 0 Å². The number of carbonyl (C=O) groups excluding carboxylic acids is 2. The fourth-order valence-corrected chi connectivity index (χ4v) is 5.19. The third kappa shape index (κ3) is 4.70. The van der Waals surface area contributed by atoms with Crippen LogP contribution in [0.1, 0.15) is 53.7 Å². The smallest absolute Gasteiger partial charge is 0.254 e. The number of aliphatic hydroxyl groups excluding tert-OH is 1. The van der Waals surface area contributed by atoms with Crippen molar-refractivity contribution < 1.29 is 19.4 Å². The first-order chi connectivity index (χ1) is 18.0. The van der Waals surface area contributed by atoms with Crippen molar-refractivity contribution in [2.75, 3.05) is 18.5 Å². The van der Waals surface area contributed by atoms with Gasteiger partial charge in [0.15, 0.2) is 0 Å². The predicted molar refractivity (Wildman–Crippen MR) is 144 cm³/mol. The maximum absolute atomic E-state index is 14.2. The van der Waals surface area contributed by atoms with Crippen LogP contribution in [0.15, 0.2) is 79.0 Å². The minimum absolute atomic E-state index is 0.148. The van der Waals surface area contributed by atoms with Crippen LogP contribution in [0.5, 0.6) is 5.75 Å². The van der Waals surface area contributed by atoms with Gasteiger partial charge in [-0.25, -0.2) is 0 Å². The molecule has 0 fully saturated rings. The maximum Gasteiger partial charge on any atom is 0.254 e. The minimum atomic E-state index is -0.684. The molecule has 0 bridgehead atoms. The maximum atomic E-state index is 14.2. The molecule has 37 heavy (non-hydrogen) atoms. The van der Waals surface area contributed by atoms with Crippen molar-refractivity contribution >= 4 is 28.4 Å². The van der Waals surface area contributed by atoms with Crippen LogP contribution in [-0.4, -0.2) is 46.1 Å². The molecule has 3 unspecified atom stereocenters. The van der Waals surface area contributed by atoms with Crippen molar-refractivity contribution in [3.05, 3.63) is 95.7 Å². The van der Waals surface area contributed by atoms with Crippen molar-refractivity contribution in [1.82, 2.24) is 9.88 Å². The van der Waals surface area contributed by atoms with Crippen LogP contribution in [0.2, 0.25) is 0 Å². The molecule has 2 amide bonds. The first-order valence-corrected chi connectivity index (χ1v) is 12.7. The van der Waals surface area contributed by atoms with Gasteiger partial charge in [-0.3, -0.25) is 9.59 Å². The summed E-state index contributed by atoms with van der Waals surface area (Å²) in [5.41, 5.74) is 3.56. The molecule has 0 aliphatic carbocycles. The fourth-order valence-electron chi connectivity index (χ4n) is 5.19. The molecule has 0 saturated heterocycles. The number of H-pyrrole nitrogens is 1. The number of nitrogens with one attached hydrogen (secondary N) is 2. The number of aromatic amines is 1. The first-order valence-electron chi connectivity index (χ1n) is 12.7. The minimum Gasteiger partial charge on any atom is -0.492 e. The lowest BCUT2D eigenvalue weighted by molar-refractivity contribution is -0.119. The largest absolute Gasteiger partial charge is 0.492 e. The monoisotopic (exact) mass is 497 g/mol. The zero-order chi connectivity index (χ0) is 25.9. The summed E-state index contributed by atoms with van der Waals surface area (Å²) < 4.78 is 5.74. The number of aromatic nitrogens is 1. The second kappa shape index (κ2) is 10.5. The number of benzene rings is 3. The highest BCUT2D eigenvalue weighted by Gasteiger charge is 2.45. The molecule has 0 saturated carbocycles. The molecule has 1 aromatic heterocycles. The molecular formula is C30H31N3O4. The molecule has 7 heteroatoms. The van der Waals surface area contributed by atoms with Crippen LogP contribution in [0, 0.1) is 0 Å². The van der Waals surface area contributed by atoms with Crippen molar-refractivity contribution in [3.8, 4) is 5.75 Å². The SMILES string of the molecule is CCOc1ccccc1NC(=O)C1c2ccccc2C(=O)N(CCC(C)O)C1c1c[nH]c2ccccc12. The van der Waals surface area contributed by atoms with Gasteiger partial charge in [-0.2, -0.15) is 0 Å². The summed E-state index contributed by atoms with van der Waals surface area (Å²) in [6.45, 7) is 4.39. The van der Waals surface area contributed by atoms with Gasteiger partial charge in [-0.15, -0.1) is 0 Å². The molecule has 0 spiro atoms. The zero-order valence-electron chi connectivity index (χ0n) is 21.0. The van der Waals surface area contributed by atoms with Crippen LogP contribution >= 0.6 is 0 Å². The number of hydrogen-bond donors (Lipinski definition) is 3. The van der Waals surface area contributed by atoms with Gasteiger partial charge in [0.25, 0.3) is 5.91 Å². The van der Waals surface area contributed by atoms with Crippen molar-refractivity contribution in [2.24, 2.45) is 0 Å². The van der Waals surface area contributed by atoms with Gasteiger partial charge in [0.05, 0.1) is 30.4 Å². The number of carbonyl (C=O) groups is 2. The Morgan fingerprint density at radius 3 is 2.59 bits per heavy atom. The number of hydrogen-bond acceptors (Lipinski definition) is 4. The van der Waals surface area contributed by atoms with E-state index in [2.05, 4.69) is 10.3 Å². The standard InChI is InChI=1S/C30H31N3O4/c1-3-37-26-15-9-8-14-25(26)32-29(35)27-21-11-4-5-12-22(21)30(36)33(17-16-19(2)34)28(27)23-18-31-24-13-7-6-10-20(23)24/h4-15,18-19,27-28,31,34H,3,16-17H2,1-2H3,(H,32,35). The Balaban J connectivity index is 1.66. The quantitative estimate of drug-likeness (QED) is 0.310. The molecule has 7 nitrogen and oxygen atoms in total. The molecule has 4 aromatic rings. The molecule has 3 N–H and O–H groups in total. The second-order valence-electron chi connectivity index (χ2n) is 9.35. The summed E-state index contributed by atoms with van der Waals surface area (Å²) in [4.78, 5) is 33.0. The molecular weight excluding hydrogens is 466 g/mol. The topological polar surface area (TPSA) is 94.7 Å². The number of para-hydroxylation sites is 3. The Labute approximate surface area is 216 Å². The fraction of sp³-hybridized carbons (Fsp3) is 0.267. The number of nitrogens with zero attached hydrogens (tertiary/aromatic N) is 1. The Hall–Kier alpha value is -4.10. The zero-order valence-corrected chi connectivity index (χ0v) is 21.0. The van der Waals surface area contributed by atoms with E-state index in [4.69, 9.17) is 4.74 Å². The van der Waals surface area contributed by atoms with E-state index >= 15 is 0 Å². The average Bonchev–Trinajstić information content (AvgIpc) is 3.33. The van der Waals surface area contributed by atoms with E-state index in [-0.39, 0.29) is 11.8 Å². The molecule has 1 aliphatic heterocycles. The van der Waals surface area contributed by atoms with E-state index in [9.17, 15) is 14.7 Å². The molecule has 190 valence electrons. The number of amides is 2. The lowest BCUT2D eigenvalue weighted by Crippen LogP contribution is -2.46. The summed E-state index contributed by atoms with van der Waals surface area (Å²) in [6.07, 6.45) is 1.70. The third-order valence-electron chi connectivity index (χ3n) is 6.89. The van der Waals surface area contributed by atoms with Gasteiger partial charge >= 0.3 is 0 Å². The number of rotatable bonds is 8. The van der Waals surface area contributed by atoms with Crippen LogP contribution in [0.25, 0.3) is 10.9 Å². The van der Waals surface area contributed by atoms with E-state index in [0.717, 1.165) is 16.5 Å². The highest BCUT2D eigenvalue weighted by Crippen LogP contribution is 2.45. The van der Waals surface area contributed by atoms with E-state index in [1.54, 1.807) is 17.9 Å². The second-order valence-corrected chi connectivity index (χ2v) is 9.35.